The highest BCUT2D eigenvalue weighted by Gasteiger charge is 2.39. The van der Waals surface area contributed by atoms with Crippen LogP contribution in [0.4, 0.5) is 0 Å². The van der Waals surface area contributed by atoms with Gasteiger partial charge < -0.3 is 10.5 Å². The SMILES string of the molecule is NCc1ncnn1C1CCOC2(CCCCC2)C1. The fraction of sp³-hybridized carbons (Fsp3) is 0.846. The van der Waals surface area contributed by atoms with E-state index < -0.39 is 0 Å². The summed E-state index contributed by atoms with van der Waals surface area (Å²) in [5.41, 5.74) is 5.83. The van der Waals surface area contributed by atoms with E-state index >= 15 is 0 Å². The second-order valence-electron chi connectivity index (χ2n) is 5.56. The second-order valence-corrected chi connectivity index (χ2v) is 5.56. The Morgan fingerprint density at radius 2 is 2.22 bits per heavy atom. The van der Waals surface area contributed by atoms with Crippen molar-refractivity contribution in [2.75, 3.05) is 6.61 Å². The lowest BCUT2D eigenvalue weighted by Gasteiger charge is -2.43. The van der Waals surface area contributed by atoms with Gasteiger partial charge in [0.15, 0.2) is 0 Å². The number of aromatic nitrogens is 3. The molecular formula is C13H22N4O. The van der Waals surface area contributed by atoms with Gasteiger partial charge in [0, 0.05) is 6.61 Å². The minimum Gasteiger partial charge on any atom is -0.375 e. The van der Waals surface area contributed by atoms with Crippen molar-refractivity contribution in [3.63, 3.8) is 0 Å². The lowest BCUT2D eigenvalue weighted by atomic mass is 9.78. The molecule has 1 spiro atoms. The quantitative estimate of drug-likeness (QED) is 0.869. The molecule has 0 aromatic carbocycles. The summed E-state index contributed by atoms with van der Waals surface area (Å²) >= 11 is 0. The van der Waals surface area contributed by atoms with E-state index in [2.05, 4.69) is 10.1 Å². The van der Waals surface area contributed by atoms with Gasteiger partial charge in [-0.1, -0.05) is 19.3 Å². The smallest absolute Gasteiger partial charge is 0.140 e. The Kier molecular flexibility index (Phi) is 3.35. The molecule has 1 aromatic rings. The molecule has 1 unspecified atom stereocenters. The summed E-state index contributed by atoms with van der Waals surface area (Å²) in [5, 5.41) is 4.36. The van der Waals surface area contributed by atoms with Crippen molar-refractivity contribution in [3.8, 4) is 0 Å². The molecule has 18 heavy (non-hydrogen) atoms. The zero-order valence-corrected chi connectivity index (χ0v) is 10.8. The molecule has 100 valence electrons. The molecule has 1 saturated carbocycles. The lowest BCUT2D eigenvalue weighted by Crippen LogP contribution is -2.42. The van der Waals surface area contributed by atoms with E-state index in [4.69, 9.17) is 10.5 Å². The molecule has 1 aliphatic heterocycles. The largest absolute Gasteiger partial charge is 0.375 e. The average Bonchev–Trinajstić information content (AvgIpc) is 2.88. The first-order chi connectivity index (χ1) is 8.83. The Labute approximate surface area is 108 Å². The lowest BCUT2D eigenvalue weighted by molar-refractivity contribution is -0.116. The first-order valence-electron chi connectivity index (χ1n) is 7.05. The molecule has 5 nitrogen and oxygen atoms in total. The number of hydrogen-bond acceptors (Lipinski definition) is 4. The van der Waals surface area contributed by atoms with Gasteiger partial charge in [-0.15, -0.1) is 0 Å². The average molecular weight is 250 g/mol. The molecule has 0 bridgehead atoms. The standard InChI is InChI=1S/C13H22N4O/c14-9-12-15-10-16-17(12)11-4-7-18-13(8-11)5-2-1-3-6-13/h10-11H,1-9,14H2. The molecular weight excluding hydrogens is 228 g/mol. The Hall–Kier alpha value is -0.940. The summed E-state index contributed by atoms with van der Waals surface area (Å²) in [6, 6.07) is 0.415. The van der Waals surface area contributed by atoms with Crippen LogP contribution in [0.25, 0.3) is 0 Å². The van der Waals surface area contributed by atoms with Crippen LogP contribution in [0.3, 0.4) is 0 Å². The van der Waals surface area contributed by atoms with Crippen molar-refractivity contribution < 1.29 is 4.74 Å². The van der Waals surface area contributed by atoms with Crippen LogP contribution in [0.2, 0.25) is 0 Å². The Bertz CT molecular complexity index is 392. The first kappa shape index (κ1) is 12.1. The molecule has 5 heteroatoms. The predicted molar refractivity (Wildman–Crippen MR) is 68.0 cm³/mol. The third kappa shape index (κ3) is 2.17. The molecule has 0 radical (unpaired) electrons. The predicted octanol–water partition coefficient (Wildman–Crippen LogP) is 1.79. The summed E-state index contributed by atoms with van der Waals surface area (Å²) in [5.74, 6) is 0.896. The van der Waals surface area contributed by atoms with E-state index in [1.807, 2.05) is 4.68 Å². The molecule has 2 heterocycles. The Balaban J connectivity index is 1.77. The highest BCUT2D eigenvalue weighted by Crippen LogP contribution is 2.42. The molecule has 0 amide bonds. The molecule has 3 rings (SSSR count). The van der Waals surface area contributed by atoms with Gasteiger partial charge in [-0.2, -0.15) is 5.10 Å². The van der Waals surface area contributed by atoms with E-state index in [1.165, 1.54) is 32.1 Å². The molecule has 2 fully saturated rings. The fourth-order valence-corrected chi connectivity index (χ4v) is 3.48. The maximum Gasteiger partial charge on any atom is 0.140 e. The number of hydrogen-bond donors (Lipinski definition) is 1. The zero-order chi connectivity index (χ0) is 12.4. The van der Waals surface area contributed by atoms with Crippen molar-refractivity contribution in [2.45, 2.75) is 63.1 Å². The van der Waals surface area contributed by atoms with Gasteiger partial charge in [-0.25, -0.2) is 9.67 Å². The summed E-state index contributed by atoms with van der Waals surface area (Å²) < 4.78 is 8.14. The van der Waals surface area contributed by atoms with Crippen LogP contribution in [0.1, 0.15) is 56.8 Å². The van der Waals surface area contributed by atoms with Crippen LogP contribution in [0.15, 0.2) is 6.33 Å². The van der Waals surface area contributed by atoms with Gasteiger partial charge in [0.2, 0.25) is 0 Å². The van der Waals surface area contributed by atoms with E-state index in [9.17, 15) is 0 Å². The molecule has 1 atom stereocenters. The van der Waals surface area contributed by atoms with Crippen molar-refractivity contribution in [3.05, 3.63) is 12.2 Å². The second kappa shape index (κ2) is 4.97. The van der Waals surface area contributed by atoms with Crippen molar-refractivity contribution >= 4 is 0 Å². The van der Waals surface area contributed by atoms with Crippen molar-refractivity contribution in [2.24, 2.45) is 5.73 Å². The third-order valence-electron chi connectivity index (χ3n) is 4.41. The van der Waals surface area contributed by atoms with Gasteiger partial charge in [0.05, 0.1) is 18.2 Å². The van der Waals surface area contributed by atoms with E-state index in [-0.39, 0.29) is 5.60 Å². The topological polar surface area (TPSA) is 66.0 Å². The maximum absolute atomic E-state index is 6.12. The van der Waals surface area contributed by atoms with Crippen LogP contribution >= 0.6 is 0 Å². The summed E-state index contributed by atoms with van der Waals surface area (Å²) in [6.45, 7) is 1.30. The molecule has 1 aliphatic carbocycles. The molecule has 1 aromatic heterocycles. The van der Waals surface area contributed by atoms with Gasteiger partial charge in [0.1, 0.15) is 12.2 Å². The summed E-state index contributed by atoms with van der Waals surface area (Å²) in [6.07, 6.45) is 10.1. The number of rotatable bonds is 2. The van der Waals surface area contributed by atoms with Crippen LogP contribution in [0, 0.1) is 0 Å². The monoisotopic (exact) mass is 250 g/mol. The van der Waals surface area contributed by atoms with Crippen LogP contribution in [-0.2, 0) is 11.3 Å². The Morgan fingerprint density at radius 1 is 1.39 bits per heavy atom. The van der Waals surface area contributed by atoms with Crippen molar-refractivity contribution in [1.82, 2.24) is 14.8 Å². The molecule has 2 N–H and O–H groups in total. The van der Waals surface area contributed by atoms with E-state index in [0.717, 1.165) is 25.3 Å². The van der Waals surface area contributed by atoms with E-state index in [1.54, 1.807) is 6.33 Å². The minimum atomic E-state index is 0.110. The van der Waals surface area contributed by atoms with Crippen molar-refractivity contribution in [1.29, 1.82) is 0 Å². The van der Waals surface area contributed by atoms with Crippen LogP contribution in [-0.4, -0.2) is 27.0 Å². The van der Waals surface area contributed by atoms with Crippen LogP contribution in [0.5, 0.6) is 0 Å². The van der Waals surface area contributed by atoms with Gasteiger partial charge in [-0.3, -0.25) is 0 Å². The molecule has 1 saturated heterocycles. The van der Waals surface area contributed by atoms with Gasteiger partial charge >= 0.3 is 0 Å². The highest BCUT2D eigenvalue weighted by atomic mass is 16.5. The van der Waals surface area contributed by atoms with Crippen LogP contribution < -0.4 is 5.73 Å². The third-order valence-corrected chi connectivity index (χ3v) is 4.41. The van der Waals surface area contributed by atoms with Gasteiger partial charge in [0.25, 0.3) is 0 Å². The maximum atomic E-state index is 6.12. The normalized spacial score (nSPS) is 27.5. The minimum absolute atomic E-state index is 0.110. The molecule has 2 aliphatic rings. The summed E-state index contributed by atoms with van der Waals surface area (Å²) in [7, 11) is 0. The zero-order valence-electron chi connectivity index (χ0n) is 10.8. The first-order valence-corrected chi connectivity index (χ1v) is 7.05. The number of nitrogens with two attached hydrogens (primary N) is 1. The number of ether oxygens (including phenoxy) is 1. The number of nitrogens with zero attached hydrogens (tertiary/aromatic N) is 3. The fourth-order valence-electron chi connectivity index (χ4n) is 3.48. The van der Waals surface area contributed by atoms with E-state index in [0.29, 0.717) is 12.6 Å². The summed E-state index contributed by atoms with van der Waals surface area (Å²) in [4.78, 5) is 4.23. The Morgan fingerprint density at radius 3 is 3.00 bits per heavy atom. The highest BCUT2D eigenvalue weighted by molar-refractivity contribution is 4.94. The van der Waals surface area contributed by atoms with Gasteiger partial charge in [-0.05, 0) is 25.7 Å².